The highest BCUT2D eigenvalue weighted by Crippen LogP contribution is 2.22. The van der Waals surface area contributed by atoms with Crippen molar-refractivity contribution in [1.82, 2.24) is 14.5 Å². The van der Waals surface area contributed by atoms with Crippen LogP contribution in [0.15, 0.2) is 61.2 Å². The van der Waals surface area contributed by atoms with Crippen LogP contribution in [-0.2, 0) is 13.0 Å². The summed E-state index contributed by atoms with van der Waals surface area (Å²) < 4.78 is 1.87. The number of amides is 1. The van der Waals surface area contributed by atoms with Crippen LogP contribution in [0.5, 0.6) is 0 Å². The van der Waals surface area contributed by atoms with Crippen molar-refractivity contribution in [3.05, 3.63) is 83.4 Å². The molecule has 1 aliphatic rings. The minimum Gasteiger partial charge on any atom is -0.478 e. The SMILES string of the molecule is O=C(O)c1ccc2c(c1)CN(C(=O)c1ccc(-n3ccnc3)cc1)CC2. The maximum absolute atomic E-state index is 12.8. The molecule has 130 valence electrons. The van der Waals surface area contributed by atoms with Crippen molar-refractivity contribution in [2.45, 2.75) is 13.0 Å². The van der Waals surface area contributed by atoms with Crippen molar-refractivity contribution in [3.63, 3.8) is 0 Å². The molecule has 0 atom stereocenters. The molecule has 0 unspecified atom stereocenters. The largest absolute Gasteiger partial charge is 0.478 e. The fraction of sp³-hybridized carbons (Fsp3) is 0.150. The molecule has 26 heavy (non-hydrogen) atoms. The molecule has 0 aliphatic carbocycles. The molecule has 6 nitrogen and oxygen atoms in total. The lowest BCUT2D eigenvalue weighted by atomic mass is 9.97. The number of hydrogen-bond donors (Lipinski definition) is 1. The Morgan fingerprint density at radius 2 is 1.77 bits per heavy atom. The number of fused-ring (bicyclic) bond motifs is 1. The molecule has 1 aromatic heterocycles. The molecule has 0 fully saturated rings. The first-order chi connectivity index (χ1) is 12.6. The Hall–Kier alpha value is -3.41. The van der Waals surface area contributed by atoms with E-state index in [2.05, 4.69) is 4.98 Å². The summed E-state index contributed by atoms with van der Waals surface area (Å²) in [6.07, 6.45) is 5.99. The predicted molar refractivity (Wildman–Crippen MR) is 95.4 cm³/mol. The van der Waals surface area contributed by atoms with Crippen LogP contribution in [0.3, 0.4) is 0 Å². The zero-order valence-electron chi connectivity index (χ0n) is 14.0. The second-order valence-electron chi connectivity index (χ2n) is 6.28. The topological polar surface area (TPSA) is 75.4 Å². The van der Waals surface area contributed by atoms with Gasteiger partial charge in [-0.3, -0.25) is 4.79 Å². The highest BCUT2D eigenvalue weighted by molar-refractivity contribution is 5.94. The van der Waals surface area contributed by atoms with E-state index in [1.54, 1.807) is 41.7 Å². The van der Waals surface area contributed by atoms with Gasteiger partial charge in [-0.05, 0) is 53.9 Å². The van der Waals surface area contributed by atoms with Gasteiger partial charge in [-0.2, -0.15) is 0 Å². The van der Waals surface area contributed by atoms with Gasteiger partial charge in [0.2, 0.25) is 0 Å². The number of imidazole rings is 1. The van der Waals surface area contributed by atoms with E-state index in [1.807, 2.05) is 29.0 Å². The molecule has 1 N–H and O–H groups in total. The zero-order chi connectivity index (χ0) is 18.1. The molecule has 2 aromatic carbocycles. The molecule has 2 heterocycles. The van der Waals surface area contributed by atoms with Crippen molar-refractivity contribution >= 4 is 11.9 Å². The van der Waals surface area contributed by atoms with Gasteiger partial charge in [0, 0.05) is 36.7 Å². The van der Waals surface area contributed by atoms with Crippen molar-refractivity contribution in [1.29, 1.82) is 0 Å². The molecular weight excluding hydrogens is 330 g/mol. The Balaban J connectivity index is 1.54. The zero-order valence-corrected chi connectivity index (χ0v) is 14.0. The first-order valence-electron chi connectivity index (χ1n) is 8.34. The minimum atomic E-state index is -0.952. The minimum absolute atomic E-state index is 0.0476. The summed E-state index contributed by atoms with van der Waals surface area (Å²) in [5, 5.41) is 9.16. The Morgan fingerprint density at radius 1 is 1.00 bits per heavy atom. The van der Waals surface area contributed by atoms with Gasteiger partial charge in [-0.15, -0.1) is 0 Å². The number of carboxylic acids is 1. The van der Waals surface area contributed by atoms with Crippen molar-refractivity contribution in [2.75, 3.05) is 6.54 Å². The molecule has 0 bridgehead atoms. The summed E-state index contributed by atoms with van der Waals surface area (Å²) in [6.45, 7) is 1.06. The first kappa shape index (κ1) is 16.1. The Bertz CT molecular complexity index is 962. The Kier molecular flexibility index (Phi) is 4.01. The number of benzene rings is 2. The van der Waals surface area contributed by atoms with Crippen LogP contribution in [0.25, 0.3) is 5.69 Å². The first-order valence-corrected chi connectivity index (χ1v) is 8.34. The molecule has 1 aliphatic heterocycles. The molecule has 6 heteroatoms. The number of carboxylic acid groups (broad SMARTS) is 1. The standard InChI is InChI=1S/C20H17N3O3/c24-19(15-3-5-18(6-4-15)23-10-8-21-13-23)22-9-7-14-1-2-16(20(25)26)11-17(14)12-22/h1-6,8,10-11,13H,7,9,12H2,(H,25,26). The van der Waals surface area contributed by atoms with Crippen LogP contribution >= 0.6 is 0 Å². The van der Waals surface area contributed by atoms with Crippen LogP contribution < -0.4 is 0 Å². The maximum Gasteiger partial charge on any atom is 0.335 e. The number of rotatable bonds is 3. The lowest BCUT2D eigenvalue weighted by Gasteiger charge is -2.29. The monoisotopic (exact) mass is 347 g/mol. The number of carbonyl (C=O) groups is 2. The van der Waals surface area contributed by atoms with E-state index in [-0.39, 0.29) is 11.5 Å². The second-order valence-corrected chi connectivity index (χ2v) is 6.28. The van der Waals surface area contributed by atoms with Crippen LogP contribution in [0.1, 0.15) is 31.8 Å². The maximum atomic E-state index is 12.8. The number of hydrogen-bond acceptors (Lipinski definition) is 3. The Morgan fingerprint density at radius 3 is 2.46 bits per heavy atom. The third-order valence-corrected chi connectivity index (χ3v) is 4.67. The average molecular weight is 347 g/mol. The van der Waals surface area contributed by atoms with Gasteiger partial charge in [0.15, 0.2) is 0 Å². The van der Waals surface area contributed by atoms with E-state index >= 15 is 0 Å². The van der Waals surface area contributed by atoms with Gasteiger partial charge in [0.05, 0.1) is 11.9 Å². The van der Waals surface area contributed by atoms with E-state index in [9.17, 15) is 9.59 Å². The van der Waals surface area contributed by atoms with Crippen molar-refractivity contribution in [2.24, 2.45) is 0 Å². The molecule has 0 spiro atoms. The fourth-order valence-corrected chi connectivity index (χ4v) is 3.23. The van der Waals surface area contributed by atoms with Gasteiger partial charge in [-0.25, -0.2) is 9.78 Å². The highest BCUT2D eigenvalue weighted by Gasteiger charge is 2.22. The molecule has 3 aromatic rings. The van der Waals surface area contributed by atoms with Gasteiger partial charge in [0.25, 0.3) is 5.91 Å². The van der Waals surface area contributed by atoms with Gasteiger partial charge >= 0.3 is 5.97 Å². The molecule has 0 saturated carbocycles. The quantitative estimate of drug-likeness (QED) is 0.790. The number of aromatic carboxylic acids is 1. The van der Waals surface area contributed by atoms with Crippen LogP contribution in [0.2, 0.25) is 0 Å². The number of carbonyl (C=O) groups excluding carboxylic acids is 1. The Labute approximate surface area is 150 Å². The average Bonchev–Trinajstić information content (AvgIpc) is 3.21. The van der Waals surface area contributed by atoms with Crippen molar-refractivity contribution < 1.29 is 14.7 Å². The predicted octanol–water partition coefficient (Wildman–Crippen LogP) is 2.77. The molecule has 0 saturated heterocycles. The van der Waals surface area contributed by atoms with Gasteiger partial charge < -0.3 is 14.6 Å². The van der Waals surface area contributed by atoms with E-state index in [0.29, 0.717) is 18.7 Å². The van der Waals surface area contributed by atoms with Gasteiger partial charge in [0.1, 0.15) is 0 Å². The van der Waals surface area contributed by atoms with E-state index < -0.39 is 5.97 Å². The van der Waals surface area contributed by atoms with E-state index in [1.165, 1.54) is 0 Å². The third kappa shape index (κ3) is 2.97. The third-order valence-electron chi connectivity index (χ3n) is 4.67. The lowest BCUT2D eigenvalue weighted by Crippen LogP contribution is -2.36. The van der Waals surface area contributed by atoms with Crippen LogP contribution in [0, 0.1) is 0 Å². The lowest BCUT2D eigenvalue weighted by molar-refractivity contribution is 0.0696. The van der Waals surface area contributed by atoms with Crippen LogP contribution in [-0.4, -0.2) is 38.0 Å². The summed E-state index contributed by atoms with van der Waals surface area (Å²) >= 11 is 0. The summed E-state index contributed by atoms with van der Waals surface area (Å²) in [4.78, 5) is 29.8. The fourth-order valence-electron chi connectivity index (χ4n) is 3.23. The molecule has 4 rings (SSSR count). The second kappa shape index (κ2) is 6.48. The number of nitrogens with zero attached hydrogens (tertiary/aromatic N) is 3. The summed E-state index contributed by atoms with van der Waals surface area (Å²) in [6, 6.07) is 12.5. The highest BCUT2D eigenvalue weighted by atomic mass is 16.4. The smallest absolute Gasteiger partial charge is 0.335 e. The number of aromatic nitrogens is 2. The summed E-state index contributed by atoms with van der Waals surface area (Å²) in [5.41, 5.74) is 3.82. The molecular formula is C20H17N3O3. The van der Waals surface area contributed by atoms with Crippen molar-refractivity contribution in [3.8, 4) is 5.69 Å². The van der Waals surface area contributed by atoms with Crippen LogP contribution in [0.4, 0.5) is 0 Å². The van der Waals surface area contributed by atoms with E-state index in [4.69, 9.17) is 5.11 Å². The summed E-state index contributed by atoms with van der Waals surface area (Å²) in [5.74, 6) is -1.00. The molecule has 0 radical (unpaired) electrons. The summed E-state index contributed by atoms with van der Waals surface area (Å²) in [7, 11) is 0. The molecule has 1 amide bonds. The van der Waals surface area contributed by atoms with E-state index in [0.717, 1.165) is 23.2 Å². The van der Waals surface area contributed by atoms with Gasteiger partial charge in [-0.1, -0.05) is 6.07 Å². The normalized spacial score (nSPS) is 13.3.